The number of rotatable bonds is 5. The molecule has 0 spiro atoms. The standard InChI is InChI=1S/C11H16N2O/c1-3-10(11-5-4-6-14-11)13-8-9(2)7-12/h4-6,9-10,13H,3,8H2,1-2H3. The maximum atomic E-state index is 8.64. The van der Waals surface area contributed by atoms with E-state index in [-0.39, 0.29) is 12.0 Å². The fraction of sp³-hybridized carbons (Fsp3) is 0.545. The molecule has 1 heterocycles. The molecule has 0 aromatic carbocycles. The van der Waals surface area contributed by atoms with E-state index in [9.17, 15) is 0 Å². The molecular formula is C11H16N2O. The minimum absolute atomic E-state index is 0.0408. The van der Waals surface area contributed by atoms with E-state index in [1.165, 1.54) is 0 Å². The van der Waals surface area contributed by atoms with Crippen LogP contribution in [0.25, 0.3) is 0 Å². The predicted molar refractivity (Wildman–Crippen MR) is 54.5 cm³/mol. The zero-order chi connectivity index (χ0) is 10.4. The summed E-state index contributed by atoms with van der Waals surface area (Å²) in [4.78, 5) is 0. The minimum atomic E-state index is 0.0408. The van der Waals surface area contributed by atoms with E-state index in [1.807, 2.05) is 19.1 Å². The Hall–Kier alpha value is -1.27. The molecule has 0 radical (unpaired) electrons. The van der Waals surface area contributed by atoms with E-state index in [2.05, 4.69) is 18.3 Å². The van der Waals surface area contributed by atoms with Gasteiger partial charge >= 0.3 is 0 Å². The van der Waals surface area contributed by atoms with Gasteiger partial charge in [-0.25, -0.2) is 0 Å². The van der Waals surface area contributed by atoms with Gasteiger partial charge in [-0.05, 0) is 25.5 Å². The summed E-state index contributed by atoms with van der Waals surface area (Å²) in [6.07, 6.45) is 2.64. The number of nitriles is 1. The third kappa shape index (κ3) is 2.90. The SMILES string of the molecule is CCC(NCC(C)C#N)c1ccco1. The third-order valence-corrected chi connectivity index (χ3v) is 2.19. The van der Waals surface area contributed by atoms with Gasteiger partial charge in [0, 0.05) is 6.54 Å². The van der Waals surface area contributed by atoms with Crippen LogP contribution in [0.1, 0.15) is 32.1 Å². The van der Waals surface area contributed by atoms with E-state index < -0.39 is 0 Å². The van der Waals surface area contributed by atoms with Crippen molar-refractivity contribution in [2.24, 2.45) is 5.92 Å². The van der Waals surface area contributed by atoms with Gasteiger partial charge in [0.1, 0.15) is 5.76 Å². The first-order valence-corrected chi connectivity index (χ1v) is 4.94. The van der Waals surface area contributed by atoms with Crippen molar-refractivity contribution < 1.29 is 4.42 Å². The van der Waals surface area contributed by atoms with E-state index in [4.69, 9.17) is 9.68 Å². The summed E-state index contributed by atoms with van der Waals surface area (Å²) < 4.78 is 5.31. The van der Waals surface area contributed by atoms with Crippen molar-refractivity contribution in [3.63, 3.8) is 0 Å². The van der Waals surface area contributed by atoms with Crippen LogP contribution in [0.3, 0.4) is 0 Å². The van der Waals surface area contributed by atoms with Crippen molar-refractivity contribution >= 4 is 0 Å². The van der Waals surface area contributed by atoms with Crippen molar-refractivity contribution in [1.82, 2.24) is 5.32 Å². The highest BCUT2D eigenvalue weighted by Crippen LogP contribution is 2.16. The summed E-state index contributed by atoms with van der Waals surface area (Å²) in [5, 5.41) is 11.9. The zero-order valence-electron chi connectivity index (χ0n) is 8.66. The number of nitrogens with one attached hydrogen (secondary N) is 1. The average molecular weight is 192 g/mol. The molecule has 1 aromatic heterocycles. The second-order valence-corrected chi connectivity index (χ2v) is 3.41. The van der Waals surface area contributed by atoms with Crippen LogP contribution in [0.15, 0.2) is 22.8 Å². The van der Waals surface area contributed by atoms with Crippen LogP contribution >= 0.6 is 0 Å². The van der Waals surface area contributed by atoms with Crippen molar-refractivity contribution in [2.75, 3.05) is 6.54 Å². The quantitative estimate of drug-likeness (QED) is 0.779. The highest BCUT2D eigenvalue weighted by molar-refractivity contribution is 5.04. The van der Waals surface area contributed by atoms with Gasteiger partial charge in [-0.3, -0.25) is 0 Å². The Labute approximate surface area is 84.7 Å². The molecule has 0 amide bonds. The predicted octanol–water partition coefficient (Wildman–Crippen LogP) is 2.48. The van der Waals surface area contributed by atoms with Gasteiger partial charge in [0.25, 0.3) is 0 Å². The second-order valence-electron chi connectivity index (χ2n) is 3.41. The normalized spacial score (nSPS) is 14.6. The summed E-state index contributed by atoms with van der Waals surface area (Å²) in [5.41, 5.74) is 0. The maximum Gasteiger partial charge on any atom is 0.120 e. The second kappa shape index (κ2) is 5.46. The van der Waals surface area contributed by atoms with Crippen molar-refractivity contribution in [3.05, 3.63) is 24.2 Å². The fourth-order valence-corrected chi connectivity index (χ4v) is 1.30. The first-order valence-electron chi connectivity index (χ1n) is 4.94. The molecule has 3 heteroatoms. The average Bonchev–Trinajstić information content (AvgIpc) is 2.72. The largest absolute Gasteiger partial charge is 0.468 e. The lowest BCUT2D eigenvalue weighted by Crippen LogP contribution is -2.25. The lowest BCUT2D eigenvalue weighted by molar-refractivity contribution is 0.395. The van der Waals surface area contributed by atoms with Crippen LogP contribution in [-0.4, -0.2) is 6.54 Å². The molecule has 1 aromatic rings. The van der Waals surface area contributed by atoms with Gasteiger partial charge in [-0.15, -0.1) is 0 Å². The summed E-state index contributed by atoms with van der Waals surface area (Å²) in [5.74, 6) is 0.983. The van der Waals surface area contributed by atoms with Crippen molar-refractivity contribution in [1.29, 1.82) is 5.26 Å². The molecule has 0 fully saturated rings. The Morgan fingerprint density at radius 1 is 1.64 bits per heavy atom. The molecule has 14 heavy (non-hydrogen) atoms. The molecule has 1 rings (SSSR count). The zero-order valence-corrected chi connectivity index (χ0v) is 8.66. The lowest BCUT2D eigenvalue weighted by Gasteiger charge is -2.14. The monoisotopic (exact) mass is 192 g/mol. The molecule has 0 saturated heterocycles. The molecule has 0 aliphatic heterocycles. The van der Waals surface area contributed by atoms with Crippen LogP contribution in [0.2, 0.25) is 0 Å². The summed E-state index contributed by atoms with van der Waals surface area (Å²) in [6.45, 7) is 4.70. The molecule has 2 unspecified atom stereocenters. The number of hydrogen-bond acceptors (Lipinski definition) is 3. The van der Waals surface area contributed by atoms with E-state index >= 15 is 0 Å². The van der Waals surface area contributed by atoms with Crippen LogP contribution in [0.4, 0.5) is 0 Å². The third-order valence-electron chi connectivity index (χ3n) is 2.19. The fourth-order valence-electron chi connectivity index (χ4n) is 1.30. The van der Waals surface area contributed by atoms with Gasteiger partial charge < -0.3 is 9.73 Å². The van der Waals surface area contributed by atoms with Gasteiger partial charge in [0.05, 0.1) is 24.3 Å². The van der Waals surface area contributed by atoms with Crippen molar-refractivity contribution in [2.45, 2.75) is 26.3 Å². The number of nitrogens with zero attached hydrogens (tertiary/aromatic N) is 1. The van der Waals surface area contributed by atoms with Gasteiger partial charge in [-0.2, -0.15) is 5.26 Å². The maximum absolute atomic E-state index is 8.64. The Kier molecular flexibility index (Phi) is 4.21. The number of furan rings is 1. The summed E-state index contributed by atoms with van der Waals surface area (Å²) >= 11 is 0. The van der Waals surface area contributed by atoms with Crippen LogP contribution in [0.5, 0.6) is 0 Å². The highest BCUT2D eigenvalue weighted by atomic mass is 16.3. The van der Waals surface area contributed by atoms with Gasteiger partial charge in [-0.1, -0.05) is 6.92 Å². The Morgan fingerprint density at radius 2 is 2.43 bits per heavy atom. The topological polar surface area (TPSA) is 49.0 Å². The molecule has 1 N–H and O–H groups in total. The first kappa shape index (κ1) is 10.8. The summed E-state index contributed by atoms with van der Waals surface area (Å²) in [6, 6.07) is 6.26. The van der Waals surface area contributed by atoms with Crippen LogP contribution < -0.4 is 5.32 Å². The molecule has 0 saturated carbocycles. The molecule has 2 atom stereocenters. The van der Waals surface area contributed by atoms with E-state index in [1.54, 1.807) is 6.26 Å². The highest BCUT2D eigenvalue weighted by Gasteiger charge is 2.12. The molecule has 0 aliphatic rings. The number of hydrogen-bond donors (Lipinski definition) is 1. The van der Waals surface area contributed by atoms with Crippen LogP contribution in [-0.2, 0) is 0 Å². The molecular weight excluding hydrogens is 176 g/mol. The minimum Gasteiger partial charge on any atom is -0.468 e. The van der Waals surface area contributed by atoms with Gasteiger partial charge in [0.2, 0.25) is 0 Å². The van der Waals surface area contributed by atoms with E-state index in [0.717, 1.165) is 12.2 Å². The first-order chi connectivity index (χ1) is 6.77. The summed E-state index contributed by atoms with van der Waals surface area (Å²) in [7, 11) is 0. The Balaban J connectivity index is 2.45. The smallest absolute Gasteiger partial charge is 0.120 e. The van der Waals surface area contributed by atoms with Crippen molar-refractivity contribution in [3.8, 4) is 6.07 Å². The van der Waals surface area contributed by atoms with Crippen LogP contribution in [0, 0.1) is 17.2 Å². The van der Waals surface area contributed by atoms with Gasteiger partial charge in [0.15, 0.2) is 0 Å². The van der Waals surface area contributed by atoms with E-state index in [0.29, 0.717) is 6.54 Å². The molecule has 0 bridgehead atoms. The lowest BCUT2D eigenvalue weighted by atomic mass is 10.1. The molecule has 0 aliphatic carbocycles. The molecule has 76 valence electrons. The molecule has 3 nitrogen and oxygen atoms in total. The Bertz CT molecular complexity index is 287. The Morgan fingerprint density at radius 3 is 2.93 bits per heavy atom.